The normalized spacial score (nSPS) is 17.0. The van der Waals surface area contributed by atoms with Crippen LogP contribution in [0.1, 0.15) is 35.2 Å². The fourth-order valence-electron chi connectivity index (χ4n) is 2.34. The Morgan fingerprint density at radius 2 is 1.95 bits per heavy atom. The average molecular weight is 313 g/mol. The van der Waals surface area contributed by atoms with E-state index in [0.717, 1.165) is 6.42 Å². The molecule has 0 bridgehead atoms. The lowest BCUT2D eigenvalue weighted by atomic mass is 9.78. The van der Waals surface area contributed by atoms with E-state index < -0.39 is 21.5 Å². The first-order valence-corrected chi connectivity index (χ1v) is 8.35. The highest BCUT2D eigenvalue weighted by Gasteiger charge is 2.39. The summed E-state index contributed by atoms with van der Waals surface area (Å²) in [6.45, 7) is -0.187. The highest BCUT2D eigenvalue weighted by atomic mass is 32.2. The van der Waals surface area contributed by atoms with Gasteiger partial charge in [-0.3, -0.25) is 0 Å². The molecule has 116 valence electrons. The van der Waals surface area contributed by atoms with Crippen LogP contribution in [0.5, 0.6) is 0 Å². The van der Waals surface area contributed by atoms with Gasteiger partial charge in [-0.05, 0) is 37.0 Å². The van der Waals surface area contributed by atoms with E-state index in [2.05, 4.69) is 9.46 Å². The second-order valence-electron chi connectivity index (χ2n) is 5.34. The van der Waals surface area contributed by atoms with Crippen LogP contribution in [-0.2, 0) is 20.5 Å². The molecule has 0 radical (unpaired) electrons. The third kappa shape index (κ3) is 3.81. The number of ether oxygens (including phenoxy) is 1. The number of rotatable bonds is 6. The van der Waals surface area contributed by atoms with Crippen molar-refractivity contribution in [1.82, 2.24) is 4.72 Å². The van der Waals surface area contributed by atoms with Crippen LogP contribution < -0.4 is 4.72 Å². The number of aliphatic hydroxyl groups excluding tert-OH is 1. The lowest BCUT2D eigenvalue weighted by Crippen LogP contribution is -2.56. The number of methoxy groups -OCH3 is 1. The monoisotopic (exact) mass is 313 g/mol. The Morgan fingerprint density at radius 1 is 1.33 bits per heavy atom. The predicted molar refractivity (Wildman–Crippen MR) is 77.2 cm³/mol. The van der Waals surface area contributed by atoms with Gasteiger partial charge in [0, 0.05) is 0 Å². The van der Waals surface area contributed by atoms with Gasteiger partial charge >= 0.3 is 5.97 Å². The highest BCUT2D eigenvalue weighted by Crippen LogP contribution is 2.32. The maximum absolute atomic E-state index is 12.1. The quantitative estimate of drug-likeness (QED) is 0.758. The summed E-state index contributed by atoms with van der Waals surface area (Å²) in [6.07, 6.45) is 2.23. The van der Waals surface area contributed by atoms with Gasteiger partial charge in [0.15, 0.2) is 0 Å². The molecule has 1 aliphatic rings. The molecule has 0 amide bonds. The zero-order chi connectivity index (χ0) is 15.5. The molecule has 0 aromatic heterocycles. The van der Waals surface area contributed by atoms with Crippen molar-refractivity contribution in [3.05, 3.63) is 35.4 Å². The Morgan fingerprint density at radius 3 is 2.38 bits per heavy atom. The van der Waals surface area contributed by atoms with Crippen LogP contribution in [0.15, 0.2) is 24.3 Å². The first-order valence-electron chi connectivity index (χ1n) is 6.69. The van der Waals surface area contributed by atoms with Crippen LogP contribution in [0.25, 0.3) is 0 Å². The number of nitrogens with one attached hydrogen (secondary N) is 1. The minimum absolute atomic E-state index is 0.184. The number of hydrogen-bond acceptors (Lipinski definition) is 5. The van der Waals surface area contributed by atoms with Crippen molar-refractivity contribution in [1.29, 1.82) is 0 Å². The Balaban J connectivity index is 2.04. The molecule has 2 rings (SSSR count). The van der Waals surface area contributed by atoms with Crippen LogP contribution >= 0.6 is 0 Å². The van der Waals surface area contributed by atoms with Gasteiger partial charge in [0.05, 0.1) is 30.6 Å². The molecule has 0 saturated heterocycles. The standard InChI is InChI=1S/C14H19NO5S/c1-20-13(17)12-5-3-11(4-6-12)9-21(18,19)15-14(10-16)7-2-8-14/h3-6,15-16H,2,7-10H2,1H3. The third-order valence-electron chi connectivity index (χ3n) is 3.72. The summed E-state index contributed by atoms with van der Waals surface area (Å²) in [6, 6.07) is 6.22. The van der Waals surface area contributed by atoms with Crippen molar-refractivity contribution < 1.29 is 23.1 Å². The number of carbonyl (C=O) groups excluding carboxylic acids is 1. The van der Waals surface area contributed by atoms with Crippen LogP contribution in [-0.4, -0.2) is 38.7 Å². The van der Waals surface area contributed by atoms with E-state index in [9.17, 15) is 18.3 Å². The van der Waals surface area contributed by atoms with Gasteiger partial charge in [0.1, 0.15) is 0 Å². The molecule has 2 N–H and O–H groups in total. The second kappa shape index (κ2) is 6.13. The fourth-order valence-corrected chi connectivity index (χ4v) is 3.97. The van der Waals surface area contributed by atoms with Crippen molar-refractivity contribution in [2.24, 2.45) is 0 Å². The largest absolute Gasteiger partial charge is 0.465 e. The molecule has 0 atom stereocenters. The number of carbonyl (C=O) groups is 1. The number of esters is 1. The predicted octanol–water partition coefficient (Wildman–Crippen LogP) is 0.808. The third-order valence-corrected chi connectivity index (χ3v) is 5.17. The van der Waals surface area contributed by atoms with Crippen LogP contribution in [0.2, 0.25) is 0 Å². The van der Waals surface area contributed by atoms with Crippen molar-refractivity contribution in [2.45, 2.75) is 30.6 Å². The summed E-state index contributed by atoms with van der Waals surface area (Å²) in [4.78, 5) is 11.3. The zero-order valence-electron chi connectivity index (χ0n) is 11.8. The van der Waals surface area contributed by atoms with Gasteiger partial charge < -0.3 is 9.84 Å². The molecular weight excluding hydrogens is 294 g/mol. The number of sulfonamides is 1. The van der Waals surface area contributed by atoms with Crippen LogP contribution in [0.3, 0.4) is 0 Å². The van der Waals surface area contributed by atoms with Crippen molar-refractivity contribution in [2.75, 3.05) is 13.7 Å². The summed E-state index contributed by atoms with van der Waals surface area (Å²) in [5.41, 5.74) is 0.255. The molecule has 0 heterocycles. The molecule has 0 spiro atoms. The summed E-state index contributed by atoms with van der Waals surface area (Å²) in [7, 11) is -2.24. The van der Waals surface area contributed by atoms with E-state index in [1.54, 1.807) is 12.1 Å². The smallest absolute Gasteiger partial charge is 0.337 e. The lowest BCUT2D eigenvalue weighted by Gasteiger charge is -2.40. The minimum Gasteiger partial charge on any atom is -0.465 e. The molecule has 21 heavy (non-hydrogen) atoms. The van der Waals surface area contributed by atoms with Gasteiger partial charge in [0.25, 0.3) is 0 Å². The fraction of sp³-hybridized carbons (Fsp3) is 0.500. The van der Waals surface area contributed by atoms with E-state index in [0.29, 0.717) is 24.0 Å². The first kappa shape index (κ1) is 15.9. The number of benzene rings is 1. The van der Waals surface area contributed by atoms with Crippen molar-refractivity contribution in [3.8, 4) is 0 Å². The molecule has 0 unspecified atom stereocenters. The van der Waals surface area contributed by atoms with Gasteiger partial charge in [-0.15, -0.1) is 0 Å². The van der Waals surface area contributed by atoms with E-state index in [4.69, 9.17) is 0 Å². The van der Waals surface area contributed by atoms with Gasteiger partial charge in [-0.2, -0.15) is 0 Å². The Hall–Kier alpha value is -1.44. The SMILES string of the molecule is COC(=O)c1ccc(CS(=O)(=O)NC2(CO)CCC2)cc1. The maximum atomic E-state index is 12.1. The molecule has 1 aliphatic carbocycles. The maximum Gasteiger partial charge on any atom is 0.337 e. The summed E-state index contributed by atoms with van der Waals surface area (Å²) >= 11 is 0. The average Bonchev–Trinajstić information content (AvgIpc) is 2.42. The van der Waals surface area contributed by atoms with Crippen molar-refractivity contribution >= 4 is 16.0 Å². The van der Waals surface area contributed by atoms with E-state index >= 15 is 0 Å². The highest BCUT2D eigenvalue weighted by molar-refractivity contribution is 7.88. The second-order valence-corrected chi connectivity index (χ2v) is 7.06. The van der Waals surface area contributed by atoms with E-state index in [1.165, 1.54) is 19.2 Å². The molecule has 6 nitrogen and oxygen atoms in total. The van der Waals surface area contributed by atoms with E-state index in [-0.39, 0.29) is 12.4 Å². The zero-order valence-corrected chi connectivity index (χ0v) is 12.6. The minimum atomic E-state index is -3.53. The first-order chi connectivity index (χ1) is 9.90. The topological polar surface area (TPSA) is 92.7 Å². The molecule has 1 aromatic rings. The molecule has 1 saturated carbocycles. The van der Waals surface area contributed by atoms with Gasteiger partial charge in [-0.1, -0.05) is 12.1 Å². The molecular formula is C14H19NO5S. The Kier molecular flexibility index (Phi) is 4.65. The van der Waals surface area contributed by atoms with Gasteiger partial charge in [0.2, 0.25) is 10.0 Å². The van der Waals surface area contributed by atoms with E-state index in [1.807, 2.05) is 0 Å². The molecule has 0 aliphatic heterocycles. The van der Waals surface area contributed by atoms with Gasteiger partial charge in [-0.25, -0.2) is 17.9 Å². The molecule has 7 heteroatoms. The lowest BCUT2D eigenvalue weighted by molar-refractivity contribution is 0.0600. The Labute approximate surface area is 124 Å². The van der Waals surface area contributed by atoms with Crippen molar-refractivity contribution in [3.63, 3.8) is 0 Å². The number of aliphatic hydroxyl groups is 1. The molecule has 1 fully saturated rings. The number of hydrogen-bond donors (Lipinski definition) is 2. The summed E-state index contributed by atoms with van der Waals surface area (Å²) in [5.74, 6) is -0.646. The summed E-state index contributed by atoms with van der Waals surface area (Å²) < 4.78 is 31.4. The van der Waals surface area contributed by atoms with Crippen LogP contribution in [0.4, 0.5) is 0 Å². The molecule has 1 aromatic carbocycles. The summed E-state index contributed by atoms with van der Waals surface area (Å²) in [5, 5.41) is 9.31. The van der Waals surface area contributed by atoms with Crippen LogP contribution in [0, 0.1) is 0 Å². The Bertz CT molecular complexity index is 599.